The molecule has 3 N–H and O–H groups in total. The number of nitrogens with zero attached hydrogens (tertiary/aromatic N) is 5. The molecule has 34 heavy (non-hydrogen) atoms. The average molecular weight is 466 g/mol. The maximum atomic E-state index is 12.3. The lowest BCUT2D eigenvalue weighted by molar-refractivity contribution is 0.0996. The SMILES string of the molecule is CN(C)C(=O)N1CCC(C)(c2ccc(Nc3nc(N4CCCCC4)cnc3C(N)=O)cc2)CC1. The summed E-state index contributed by atoms with van der Waals surface area (Å²) in [5, 5.41) is 3.25. The first-order chi connectivity index (χ1) is 16.3. The molecule has 0 unspecified atom stereocenters. The zero-order valence-electron chi connectivity index (χ0n) is 20.4. The molecule has 0 spiro atoms. The van der Waals surface area contributed by atoms with Crippen LogP contribution in [0.3, 0.4) is 0 Å². The molecule has 3 amide bonds. The zero-order chi connectivity index (χ0) is 24.3. The van der Waals surface area contributed by atoms with Crippen molar-refractivity contribution in [3.63, 3.8) is 0 Å². The number of primary amides is 1. The van der Waals surface area contributed by atoms with Crippen molar-refractivity contribution >= 4 is 29.3 Å². The Hall–Kier alpha value is -3.36. The van der Waals surface area contributed by atoms with Crippen molar-refractivity contribution in [2.75, 3.05) is 50.5 Å². The van der Waals surface area contributed by atoms with Crippen LogP contribution < -0.4 is 16.0 Å². The Morgan fingerprint density at radius 3 is 2.26 bits per heavy atom. The van der Waals surface area contributed by atoms with Crippen LogP contribution in [-0.2, 0) is 5.41 Å². The number of hydrogen-bond acceptors (Lipinski definition) is 6. The number of anilines is 3. The van der Waals surface area contributed by atoms with E-state index < -0.39 is 5.91 Å². The summed E-state index contributed by atoms with van der Waals surface area (Å²) >= 11 is 0. The zero-order valence-corrected chi connectivity index (χ0v) is 20.4. The molecule has 2 aromatic rings. The van der Waals surface area contributed by atoms with Gasteiger partial charge in [0.15, 0.2) is 11.5 Å². The summed E-state index contributed by atoms with van der Waals surface area (Å²) < 4.78 is 0. The molecule has 0 radical (unpaired) electrons. The van der Waals surface area contributed by atoms with Crippen LogP contribution in [0.1, 0.15) is 55.1 Å². The summed E-state index contributed by atoms with van der Waals surface area (Å²) in [6.07, 6.45) is 6.94. The van der Waals surface area contributed by atoms with Crippen molar-refractivity contribution in [1.29, 1.82) is 0 Å². The molecule has 9 heteroatoms. The van der Waals surface area contributed by atoms with Crippen LogP contribution in [0.15, 0.2) is 30.5 Å². The Labute approximate surface area is 201 Å². The molecule has 0 aliphatic carbocycles. The Kier molecular flexibility index (Phi) is 6.90. The first-order valence-corrected chi connectivity index (χ1v) is 12.0. The fraction of sp³-hybridized carbons (Fsp3) is 0.520. The predicted octanol–water partition coefficient (Wildman–Crippen LogP) is 3.34. The van der Waals surface area contributed by atoms with Crippen molar-refractivity contribution in [3.8, 4) is 0 Å². The minimum atomic E-state index is -0.608. The van der Waals surface area contributed by atoms with Gasteiger partial charge in [-0.3, -0.25) is 4.79 Å². The summed E-state index contributed by atoms with van der Waals surface area (Å²) in [6, 6.07) is 8.28. The van der Waals surface area contributed by atoms with Crippen LogP contribution in [0, 0.1) is 0 Å². The molecule has 3 heterocycles. The maximum Gasteiger partial charge on any atom is 0.319 e. The fourth-order valence-electron chi connectivity index (χ4n) is 4.78. The van der Waals surface area contributed by atoms with Gasteiger partial charge >= 0.3 is 6.03 Å². The number of nitrogens with two attached hydrogens (primary N) is 1. The van der Waals surface area contributed by atoms with Crippen LogP contribution in [0.25, 0.3) is 0 Å². The number of benzene rings is 1. The second-order valence-corrected chi connectivity index (χ2v) is 9.76. The van der Waals surface area contributed by atoms with Gasteiger partial charge in [0.05, 0.1) is 6.20 Å². The number of piperidine rings is 2. The van der Waals surface area contributed by atoms with Crippen molar-refractivity contribution in [2.24, 2.45) is 5.73 Å². The number of rotatable bonds is 5. The first-order valence-electron chi connectivity index (χ1n) is 12.0. The Balaban J connectivity index is 1.48. The van der Waals surface area contributed by atoms with Crippen LogP contribution in [-0.4, -0.2) is 72.0 Å². The molecule has 9 nitrogen and oxygen atoms in total. The second-order valence-electron chi connectivity index (χ2n) is 9.76. The Bertz CT molecular complexity index is 1020. The number of hydrogen-bond donors (Lipinski definition) is 2. The molecule has 2 aliphatic heterocycles. The van der Waals surface area contributed by atoms with Gasteiger partial charge in [-0.05, 0) is 55.2 Å². The summed E-state index contributed by atoms with van der Waals surface area (Å²) in [6.45, 7) is 5.62. The molecule has 0 saturated carbocycles. The summed E-state index contributed by atoms with van der Waals surface area (Å²) in [4.78, 5) is 39.0. The molecular formula is C25H35N7O2. The highest BCUT2D eigenvalue weighted by molar-refractivity contribution is 5.96. The van der Waals surface area contributed by atoms with Gasteiger partial charge in [-0.1, -0.05) is 19.1 Å². The lowest BCUT2D eigenvalue weighted by atomic mass is 9.74. The molecule has 4 rings (SSSR count). The second kappa shape index (κ2) is 9.87. The Morgan fingerprint density at radius 1 is 1.03 bits per heavy atom. The normalized spacial score (nSPS) is 17.9. The third kappa shape index (κ3) is 5.08. The number of aromatic nitrogens is 2. The van der Waals surface area contributed by atoms with Crippen LogP contribution in [0.2, 0.25) is 0 Å². The quantitative estimate of drug-likeness (QED) is 0.701. The van der Waals surface area contributed by atoms with Gasteiger partial charge < -0.3 is 25.8 Å². The van der Waals surface area contributed by atoms with Crippen molar-refractivity contribution in [3.05, 3.63) is 41.7 Å². The van der Waals surface area contributed by atoms with Gasteiger partial charge in [0.25, 0.3) is 5.91 Å². The largest absolute Gasteiger partial charge is 0.364 e. The standard InChI is InChI=1S/C25H35N7O2/c1-25(11-15-32(16-12-25)24(34)30(2)3)18-7-9-19(10-8-18)28-23-21(22(26)33)27-17-20(29-23)31-13-5-4-6-14-31/h7-10,17H,4-6,11-16H2,1-3H3,(H2,26,33)(H,28,29). The van der Waals surface area contributed by atoms with Crippen LogP contribution in [0.5, 0.6) is 0 Å². The minimum Gasteiger partial charge on any atom is -0.364 e. The number of carbonyl (C=O) groups is 2. The molecule has 2 aliphatic rings. The molecular weight excluding hydrogens is 430 g/mol. The summed E-state index contributed by atoms with van der Waals surface area (Å²) in [7, 11) is 3.58. The smallest absolute Gasteiger partial charge is 0.319 e. The minimum absolute atomic E-state index is 0.00793. The number of nitrogens with one attached hydrogen (secondary N) is 1. The molecule has 0 atom stereocenters. The molecule has 2 fully saturated rings. The number of amides is 3. The highest BCUT2D eigenvalue weighted by Crippen LogP contribution is 2.36. The van der Waals surface area contributed by atoms with Gasteiger partial charge in [0, 0.05) is 46.0 Å². The molecule has 1 aromatic carbocycles. The number of carbonyl (C=O) groups excluding carboxylic acids is 2. The maximum absolute atomic E-state index is 12.3. The predicted molar refractivity (Wildman–Crippen MR) is 134 cm³/mol. The molecule has 0 bridgehead atoms. The van der Waals surface area contributed by atoms with Crippen molar-refractivity contribution in [1.82, 2.24) is 19.8 Å². The van der Waals surface area contributed by atoms with E-state index in [1.165, 1.54) is 12.0 Å². The van der Waals surface area contributed by atoms with Gasteiger partial charge in [-0.25, -0.2) is 14.8 Å². The van der Waals surface area contributed by atoms with E-state index in [9.17, 15) is 9.59 Å². The van der Waals surface area contributed by atoms with E-state index in [1.54, 1.807) is 25.2 Å². The highest BCUT2D eigenvalue weighted by Gasteiger charge is 2.33. The lowest BCUT2D eigenvalue weighted by Gasteiger charge is -2.40. The first kappa shape index (κ1) is 23.8. The van der Waals surface area contributed by atoms with Crippen LogP contribution in [0.4, 0.5) is 22.1 Å². The molecule has 182 valence electrons. The summed E-state index contributed by atoms with van der Waals surface area (Å²) in [5.74, 6) is 0.531. The third-order valence-electron chi connectivity index (χ3n) is 7.04. The van der Waals surface area contributed by atoms with Gasteiger partial charge in [0.1, 0.15) is 5.82 Å². The Morgan fingerprint density at radius 2 is 1.68 bits per heavy atom. The van der Waals surface area contributed by atoms with Crippen molar-refractivity contribution < 1.29 is 9.59 Å². The van der Waals surface area contributed by atoms with Gasteiger partial charge in [0.2, 0.25) is 0 Å². The number of likely N-dealkylation sites (tertiary alicyclic amines) is 1. The molecule has 1 aromatic heterocycles. The third-order valence-corrected chi connectivity index (χ3v) is 7.04. The average Bonchev–Trinajstić information content (AvgIpc) is 2.85. The van der Waals surface area contributed by atoms with Crippen molar-refractivity contribution in [2.45, 2.75) is 44.4 Å². The topological polar surface area (TPSA) is 108 Å². The van der Waals surface area contributed by atoms with E-state index in [1.807, 2.05) is 17.0 Å². The van der Waals surface area contributed by atoms with Gasteiger partial charge in [-0.15, -0.1) is 0 Å². The van der Waals surface area contributed by atoms with E-state index in [2.05, 4.69) is 39.2 Å². The van der Waals surface area contributed by atoms with Crippen LogP contribution >= 0.6 is 0 Å². The van der Waals surface area contributed by atoms with E-state index in [-0.39, 0.29) is 17.1 Å². The van der Waals surface area contributed by atoms with E-state index >= 15 is 0 Å². The highest BCUT2D eigenvalue weighted by atomic mass is 16.2. The lowest BCUT2D eigenvalue weighted by Crippen LogP contribution is -2.47. The van der Waals surface area contributed by atoms with Gasteiger partial charge in [-0.2, -0.15) is 0 Å². The number of urea groups is 1. The fourth-order valence-corrected chi connectivity index (χ4v) is 4.78. The van der Waals surface area contributed by atoms with E-state index in [0.29, 0.717) is 5.82 Å². The summed E-state index contributed by atoms with van der Waals surface area (Å²) in [5.41, 5.74) is 7.76. The van der Waals surface area contributed by atoms with E-state index in [0.717, 1.165) is 63.4 Å². The molecule has 2 saturated heterocycles. The van der Waals surface area contributed by atoms with E-state index in [4.69, 9.17) is 5.73 Å². The monoisotopic (exact) mass is 465 g/mol.